The van der Waals surface area contributed by atoms with E-state index in [1.54, 1.807) is 36.0 Å². The quantitative estimate of drug-likeness (QED) is 0.143. The molecule has 0 amide bonds. The van der Waals surface area contributed by atoms with Gasteiger partial charge in [0.1, 0.15) is 12.1 Å². The molecule has 1 aromatic carbocycles. The fraction of sp³-hybridized carbons (Fsp3) is 0.368. The van der Waals surface area contributed by atoms with Crippen LogP contribution in [0.4, 0.5) is 5.82 Å². The van der Waals surface area contributed by atoms with Crippen LogP contribution in [0.1, 0.15) is 11.1 Å². The normalized spacial score (nSPS) is 11.2. The van der Waals surface area contributed by atoms with Gasteiger partial charge in [-0.15, -0.1) is 35.7 Å². The average molecular weight is 526 g/mol. The molecule has 0 saturated heterocycles. The summed E-state index contributed by atoms with van der Waals surface area (Å²) < 4.78 is 1.74. The van der Waals surface area contributed by atoms with Crippen molar-refractivity contribution in [3.63, 3.8) is 0 Å². The molecule has 2 heterocycles. The summed E-state index contributed by atoms with van der Waals surface area (Å²) in [7, 11) is 3.64. The summed E-state index contributed by atoms with van der Waals surface area (Å²) in [6, 6.07) is 6.51. The van der Waals surface area contributed by atoms with Crippen molar-refractivity contribution in [1.29, 1.82) is 0 Å². The van der Waals surface area contributed by atoms with Crippen LogP contribution in [0.5, 0.6) is 0 Å². The van der Waals surface area contributed by atoms with E-state index < -0.39 is 0 Å². The van der Waals surface area contributed by atoms with Crippen LogP contribution in [-0.2, 0) is 13.6 Å². The van der Waals surface area contributed by atoms with Gasteiger partial charge in [-0.25, -0.2) is 9.97 Å². The molecule has 0 atom stereocenters. The number of fused-ring (bicyclic) bond motifs is 1. The van der Waals surface area contributed by atoms with Gasteiger partial charge in [0.2, 0.25) is 0 Å². The molecule has 0 aliphatic carbocycles. The van der Waals surface area contributed by atoms with Crippen LogP contribution in [0.25, 0.3) is 11.0 Å². The number of nitrogens with zero attached hydrogens (tertiary/aromatic N) is 5. The minimum atomic E-state index is 0. The van der Waals surface area contributed by atoms with E-state index in [0.717, 1.165) is 29.4 Å². The Hall–Kier alpha value is -2.08. The molecule has 0 aliphatic heterocycles. The molecule has 2 aromatic heterocycles. The van der Waals surface area contributed by atoms with Crippen molar-refractivity contribution in [3.05, 3.63) is 41.9 Å². The third-order valence-corrected chi connectivity index (χ3v) is 5.17. The van der Waals surface area contributed by atoms with Crippen molar-refractivity contribution in [2.24, 2.45) is 12.0 Å². The zero-order chi connectivity index (χ0) is 19.9. The minimum Gasteiger partial charge on any atom is -0.368 e. The summed E-state index contributed by atoms with van der Waals surface area (Å²) in [5.74, 6) is 1.55. The standard InChI is InChI=1S/C19H26N8S.HI/c1-13-5-6-14(16(9-13)28-4)10-23-19(20-2)22-8-7-21-17-15-11-26-27(3)18(15)25-12-24-17;/h5-6,9,11-12H,7-8,10H2,1-4H3,(H2,20,22,23)(H,21,24,25);1H. The van der Waals surface area contributed by atoms with Gasteiger partial charge in [-0.3, -0.25) is 9.67 Å². The third kappa shape index (κ3) is 5.95. The molecule has 10 heteroatoms. The van der Waals surface area contributed by atoms with Gasteiger partial charge in [0.05, 0.1) is 11.6 Å². The Morgan fingerprint density at radius 1 is 1.21 bits per heavy atom. The Labute approximate surface area is 192 Å². The van der Waals surface area contributed by atoms with Gasteiger partial charge in [-0.1, -0.05) is 12.1 Å². The molecule has 3 rings (SSSR count). The van der Waals surface area contributed by atoms with Gasteiger partial charge in [-0.05, 0) is 30.4 Å². The van der Waals surface area contributed by atoms with E-state index >= 15 is 0 Å². The van der Waals surface area contributed by atoms with Crippen LogP contribution >= 0.6 is 35.7 Å². The predicted molar refractivity (Wildman–Crippen MR) is 131 cm³/mol. The number of anilines is 1. The highest BCUT2D eigenvalue weighted by atomic mass is 127. The number of hydrogen-bond acceptors (Lipinski definition) is 6. The van der Waals surface area contributed by atoms with Crippen molar-refractivity contribution in [1.82, 2.24) is 30.4 Å². The number of nitrogens with one attached hydrogen (secondary N) is 3. The number of aromatic nitrogens is 4. The molecule has 3 N–H and O–H groups in total. The number of aliphatic imine (C=N–C) groups is 1. The second kappa shape index (κ2) is 11.2. The summed E-state index contributed by atoms with van der Waals surface area (Å²) in [5.41, 5.74) is 3.35. The summed E-state index contributed by atoms with van der Waals surface area (Å²) in [5, 5.41) is 15.2. The number of benzene rings is 1. The summed E-state index contributed by atoms with van der Waals surface area (Å²) in [6.07, 6.45) is 5.42. The van der Waals surface area contributed by atoms with Crippen LogP contribution in [0.3, 0.4) is 0 Å². The molecular weight excluding hydrogens is 499 g/mol. The summed E-state index contributed by atoms with van der Waals surface area (Å²) in [6.45, 7) is 4.24. The number of halogens is 1. The molecular formula is C19H27IN8S. The predicted octanol–water partition coefficient (Wildman–Crippen LogP) is 2.79. The van der Waals surface area contributed by atoms with Crippen LogP contribution in [0.2, 0.25) is 0 Å². The molecule has 0 unspecified atom stereocenters. The van der Waals surface area contributed by atoms with Crippen molar-refractivity contribution in [2.45, 2.75) is 18.4 Å². The van der Waals surface area contributed by atoms with Crippen LogP contribution < -0.4 is 16.0 Å². The van der Waals surface area contributed by atoms with Crippen LogP contribution in [-0.4, -0.2) is 52.1 Å². The maximum Gasteiger partial charge on any atom is 0.191 e. The fourth-order valence-electron chi connectivity index (χ4n) is 2.86. The Balaban J connectivity index is 0.00000300. The van der Waals surface area contributed by atoms with Gasteiger partial charge < -0.3 is 16.0 Å². The average Bonchev–Trinajstić information content (AvgIpc) is 3.10. The number of hydrogen-bond donors (Lipinski definition) is 3. The molecule has 0 aliphatic rings. The van der Waals surface area contributed by atoms with E-state index in [1.165, 1.54) is 16.0 Å². The lowest BCUT2D eigenvalue weighted by atomic mass is 10.1. The third-order valence-electron chi connectivity index (χ3n) is 4.35. The Kier molecular flexibility index (Phi) is 8.96. The molecule has 156 valence electrons. The highest BCUT2D eigenvalue weighted by Gasteiger charge is 2.07. The highest BCUT2D eigenvalue weighted by Crippen LogP contribution is 2.21. The first-order chi connectivity index (χ1) is 13.6. The molecule has 0 radical (unpaired) electrons. The first kappa shape index (κ1) is 23.2. The maximum absolute atomic E-state index is 4.31. The van der Waals surface area contributed by atoms with Crippen molar-refractivity contribution < 1.29 is 0 Å². The van der Waals surface area contributed by atoms with Crippen molar-refractivity contribution >= 4 is 58.5 Å². The second-order valence-corrected chi connectivity index (χ2v) is 7.17. The van der Waals surface area contributed by atoms with Gasteiger partial charge in [-0.2, -0.15) is 5.10 Å². The largest absolute Gasteiger partial charge is 0.368 e. The van der Waals surface area contributed by atoms with E-state index in [0.29, 0.717) is 13.1 Å². The number of guanidine groups is 1. The number of thioether (sulfide) groups is 1. The fourth-order valence-corrected chi connectivity index (χ4v) is 3.57. The van der Waals surface area contributed by atoms with E-state index in [4.69, 9.17) is 0 Å². The molecule has 0 saturated carbocycles. The summed E-state index contributed by atoms with van der Waals surface area (Å²) in [4.78, 5) is 14.1. The lowest BCUT2D eigenvalue weighted by molar-refractivity contribution is 0.785. The van der Waals surface area contributed by atoms with Crippen LogP contribution in [0.15, 0.2) is 40.6 Å². The second-order valence-electron chi connectivity index (χ2n) is 6.32. The van der Waals surface area contributed by atoms with E-state index in [9.17, 15) is 0 Å². The number of rotatable bonds is 7. The van der Waals surface area contributed by atoms with Gasteiger partial charge in [0.25, 0.3) is 0 Å². The first-order valence-electron chi connectivity index (χ1n) is 9.07. The van der Waals surface area contributed by atoms with Gasteiger partial charge in [0, 0.05) is 38.6 Å². The van der Waals surface area contributed by atoms with E-state index in [1.807, 2.05) is 7.05 Å². The van der Waals surface area contributed by atoms with Crippen molar-refractivity contribution in [2.75, 3.05) is 31.7 Å². The SMILES string of the molecule is CN=C(NCCNc1ncnc2c1cnn2C)NCc1ccc(C)cc1SC.I. The topological polar surface area (TPSA) is 92.1 Å². The lowest BCUT2D eigenvalue weighted by Gasteiger charge is -2.14. The molecule has 0 fully saturated rings. The van der Waals surface area contributed by atoms with Crippen LogP contribution in [0, 0.1) is 6.92 Å². The molecule has 3 aromatic rings. The minimum absolute atomic E-state index is 0. The smallest absolute Gasteiger partial charge is 0.191 e. The zero-order valence-corrected chi connectivity index (χ0v) is 20.2. The molecule has 0 spiro atoms. The van der Waals surface area contributed by atoms with Gasteiger partial charge >= 0.3 is 0 Å². The van der Waals surface area contributed by atoms with E-state index in [2.05, 4.69) is 67.4 Å². The Morgan fingerprint density at radius 2 is 2.03 bits per heavy atom. The first-order valence-corrected chi connectivity index (χ1v) is 10.3. The Bertz CT molecular complexity index is 972. The zero-order valence-electron chi connectivity index (χ0n) is 17.1. The summed E-state index contributed by atoms with van der Waals surface area (Å²) >= 11 is 1.76. The highest BCUT2D eigenvalue weighted by molar-refractivity contribution is 14.0. The monoisotopic (exact) mass is 526 g/mol. The van der Waals surface area contributed by atoms with E-state index in [-0.39, 0.29) is 24.0 Å². The maximum atomic E-state index is 4.31. The van der Waals surface area contributed by atoms with Crippen molar-refractivity contribution in [3.8, 4) is 0 Å². The molecule has 0 bridgehead atoms. The molecule has 8 nitrogen and oxygen atoms in total. The number of aryl methyl sites for hydroxylation is 2. The molecule has 29 heavy (non-hydrogen) atoms. The lowest BCUT2D eigenvalue weighted by Crippen LogP contribution is -2.39. The van der Waals surface area contributed by atoms with Gasteiger partial charge in [0.15, 0.2) is 11.6 Å². The Morgan fingerprint density at radius 3 is 2.79 bits per heavy atom.